The van der Waals surface area contributed by atoms with E-state index < -0.39 is 0 Å². The molecular formula is C16H21ClN2O3. The van der Waals surface area contributed by atoms with Crippen LogP contribution in [0.2, 0.25) is 0 Å². The van der Waals surface area contributed by atoms with Crippen molar-refractivity contribution in [2.24, 2.45) is 0 Å². The third-order valence-corrected chi connectivity index (χ3v) is 2.96. The highest BCUT2D eigenvalue weighted by Gasteiger charge is 2.05. The van der Waals surface area contributed by atoms with E-state index in [1.165, 1.54) is 0 Å². The highest BCUT2D eigenvalue weighted by molar-refractivity contribution is 5.85. The van der Waals surface area contributed by atoms with Crippen molar-refractivity contribution < 1.29 is 14.6 Å². The maximum absolute atomic E-state index is 8.79. The number of halogens is 1. The van der Waals surface area contributed by atoms with Gasteiger partial charge in [-0.25, -0.2) is 0 Å². The maximum atomic E-state index is 8.79. The maximum Gasteiger partial charge on any atom is 0.161 e. The second-order valence-corrected chi connectivity index (χ2v) is 4.52. The largest absolute Gasteiger partial charge is 0.493 e. The number of ether oxygens (including phenoxy) is 2. The van der Waals surface area contributed by atoms with Crippen LogP contribution >= 0.6 is 12.4 Å². The number of aliphatic hydroxyl groups is 1. The molecule has 22 heavy (non-hydrogen) atoms. The van der Waals surface area contributed by atoms with Gasteiger partial charge in [0, 0.05) is 25.5 Å². The van der Waals surface area contributed by atoms with Crippen LogP contribution in [0.15, 0.2) is 42.7 Å². The molecule has 2 aromatic rings. The molecule has 0 bridgehead atoms. The summed E-state index contributed by atoms with van der Waals surface area (Å²) in [6.45, 7) is 1.73. The van der Waals surface area contributed by atoms with E-state index in [1.807, 2.05) is 36.5 Å². The lowest BCUT2D eigenvalue weighted by atomic mass is 10.2. The van der Waals surface area contributed by atoms with Crippen molar-refractivity contribution in [3.8, 4) is 11.5 Å². The van der Waals surface area contributed by atoms with Crippen LogP contribution in [0.3, 0.4) is 0 Å². The minimum absolute atomic E-state index is 0. The van der Waals surface area contributed by atoms with Gasteiger partial charge in [0.25, 0.3) is 0 Å². The van der Waals surface area contributed by atoms with Crippen LogP contribution in [0.4, 0.5) is 0 Å². The molecule has 1 heterocycles. The zero-order valence-corrected chi connectivity index (χ0v) is 13.3. The van der Waals surface area contributed by atoms with Crippen molar-refractivity contribution in [3.63, 3.8) is 0 Å². The Labute approximate surface area is 136 Å². The minimum Gasteiger partial charge on any atom is -0.493 e. The van der Waals surface area contributed by atoms with Crippen LogP contribution in [-0.4, -0.2) is 30.4 Å². The zero-order valence-electron chi connectivity index (χ0n) is 12.5. The second kappa shape index (κ2) is 10.00. The van der Waals surface area contributed by atoms with E-state index in [0.29, 0.717) is 11.5 Å². The van der Waals surface area contributed by atoms with Crippen LogP contribution < -0.4 is 14.8 Å². The summed E-state index contributed by atoms with van der Waals surface area (Å²) in [5.41, 5.74) is 2.25. The van der Waals surface area contributed by atoms with Crippen LogP contribution in [0.25, 0.3) is 0 Å². The smallest absolute Gasteiger partial charge is 0.161 e. The first-order valence-corrected chi connectivity index (χ1v) is 6.83. The van der Waals surface area contributed by atoms with Gasteiger partial charge in [0.2, 0.25) is 0 Å². The van der Waals surface area contributed by atoms with Gasteiger partial charge in [-0.1, -0.05) is 12.1 Å². The Bertz CT molecular complexity index is 552. The molecule has 0 spiro atoms. The third kappa shape index (κ3) is 5.52. The monoisotopic (exact) mass is 324 g/mol. The number of nitrogens with zero attached hydrogens (tertiary/aromatic N) is 1. The summed E-state index contributed by atoms with van der Waals surface area (Å²) >= 11 is 0. The fraction of sp³-hybridized carbons (Fsp3) is 0.312. The van der Waals surface area contributed by atoms with Crippen molar-refractivity contribution in [1.29, 1.82) is 0 Å². The molecule has 2 N–H and O–H groups in total. The molecule has 0 unspecified atom stereocenters. The number of benzene rings is 1. The number of pyridine rings is 1. The fourth-order valence-corrected chi connectivity index (χ4v) is 1.95. The summed E-state index contributed by atoms with van der Waals surface area (Å²) in [4.78, 5) is 4.08. The van der Waals surface area contributed by atoms with Gasteiger partial charge >= 0.3 is 0 Å². The topological polar surface area (TPSA) is 63.6 Å². The number of aromatic nitrogens is 1. The van der Waals surface area contributed by atoms with Gasteiger partial charge < -0.3 is 19.9 Å². The molecule has 0 atom stereocenters. The lowest BCUT2D eigenvalue weighted by Crippen LogP contribution is -2.13. The number of hydrogen-bond acceptors (Lipinski definition) is 5. The standard InChI is InChI=1S/C16H20N2O3.ClH/c1-20-16-9-13(4-5-15(16)21-8-7-19)10-18-12-14-3-2-6-17-11-14;/h2-6,9,11,18-19H,7-8,10,12H2,1H3;1H. The normalized spacial score (nSPS) is 9.91. The van der Waals surface area contributed by atoms with Gasteiger partial charge in [0.15, 0.2) is 11.5 Å². The van der Waals surface area contributed by atoms with Gasteiger partial charge in [0.05, 0.1) is 13.7 Å². The Morgan fingerprint density at radius 1 is 1.14 bits per heavy atom. The number of hydrogen-bond donors (Lipinski definition) is 2. The quantitative estimate of drug-likeness (QED) is 0.779. The predicted molar refractivity (Wildman–Crippen MR) is 87.6 cm³/mol. The van der Waals surface area contributed by atoms with Gasteiger partial charge in [-0.15, -0.1) is 12.4 Å². The Balaban J connectivity index is 0.00000242. The molecule has 0 saturated carbocycles. The van der Waals surface area contributed by atoms with Crippen molar-refractivity contribution in [3.05, 3.63) is 53.9 Å². The molecule has 0 radical (unpaired) electrons. The average molecular weight is 325 g/mol. The van der Waals surface area contributed by atoms with E-state index >= 15 is 0 Å². The Kier molecular flexibility index (Phi) is 8.28. The first-order valence-electron chi connectivity index (χ1n) is 6.83. The molecule has 0 aliphatic rings. The van der Waals surface area contributed by atoms with E-state index in [1.54, 1.807) is 13.3 Å². The number of aliphatic hydroxyl groups excluding tert-OH is 1. The summed E-state index contributed by atoms with van der Waals surface area (Å²) < 4.78 is 10.7. The van der Waals surface area contributed by atoms with E-state index in [4.69, 9.17) is 14.6 Å². The molecule has 120 valence electrons. The average Bonchev–Trinajstić information content (AvgIpc) is 2.54. The van der Waals surface area contributed by atoms with Crippen LogP contribution in [0, 0.1) is 0 Å². The molecule has 0 aliphatic carbocycles. The van der Waals surface area contributed by atoms with Crippen LogP contribution in [0.5, 0.6) is 11.5 Å². The Morgan fingerprint density at radius 2 is 1.95 bits per heavy atom. The number of rotatable bonds is 8. The summed E-state index contributed by atoms with van der Waals surface area (Å²) in [6.07, 6.45) is 3.61. The van der Waals surface area contributed by atoms with Crippen LogP contribution in [0.1, 0.15) is 11.1 Å². The molecule has 0 fully saturated rings. The number of nitrogens with one attached hydrogen (secondary N) is 1. The van der Waals surface area contributed by atoms with E-state index in [0.717, 1.165) is 24.2 Å². The molecule has 2 rings (SSSR count). The van der Waals surface area contributed by atoms with Gasteiger partial charge in [-0.3, -0.25) is 4.98 Å². The first kappa shape index (κ1) is 18.2. The van der Waals surface area contributed by atoms with Gasteiger partial charge in [0.1, 0.15) is 6.61 Å². The molecule has 0 saturated heterocycles. The predicted octanol–water partition coefficient (Wildman–Crippen LogP) is 2.17. The lowest BCUT2D eigenvalue weighted by Gasteiger charge is -2.12. The molecule has 0 amide bonds. The zero-order chi connectivity index (χ0) is 14.9. The van der Waals surface area contributed by atoms with Crippen LogP contribution in [-0.2, 0) is 13.1 Å². The highest BCUT2D eigenvalue weighted by Crippen LogP contribution is 2.27. The fourth-order valence-electron chi connectivity index (χ4n) is 1.95. The summed E-state index contributed by atoms with van der Waals surface area (Å²) in [6, 6.07) is 9.73. The van der Waals surface area contributed by atoms with E-state index in [-0.39, 0.29) is 25.6 Å². The molecule has 1 aromatic carbocycles. The van der Waals surface area contributed by atoms with Crippen molar-refractivity contribution >= 4 is 12.4 Å². The van der Waals surface area contributed by atoms with Gasteiger partial charge in [-0.2, -0.15) is 0 Å². The molecule has 6 heteroatoms. The minimum atomic E-state index is -0.0163. The molecule has 0 aliphatic heterocycles. The van der Waals surface area contributed by atoms with Crippen molar-refractivity contribution in [2.45, 2.75) is 13.1 Å². The summed E-state index contributed by atoms with van der Waals surface area (Å²) in [5.74, 6) is 1.31. The molecular weight excluding hydrogens is 304 g/mol. The van der Waals surface area contributed by atoms with Crippen molar-refractivity contribution in [2.75, 3.05) is 20.3 Å². The number of methoxy groups -OCH3 is 1. The molecule has 1 aromatic heterocycles. The van der Waals surface area contributed by atoms with E-state index in [2.05, 4.69) is 10.3 Å². The summed E-state index contributed by atoms with van der Waals surface area (Å²) in [7, 11) is 1.61. The van der Waals surface area contributed by atoms with Crippen molar-refractivity contribution in [1.82, 2.24) is 10.3 Å². The third-order valence-electron chi connectivity index (χ3n) is 2.96. The second-order valence-electron chi connectivity index (χ2n) is 4.52. The highest BCUT2D eigenvalue weighted by atomic mass is 35.5. The first-order chi connectivity index (χ1) is 10.3. The summed E-state index contributed by atoms with van der Waals surface area (Å²) in [5, 5.41) is 12.1. The lowest BCUT2D eigenvalue weighted by molar-refractivity contribution is 0.196. The Morgan fingerprint density at radius 3 is 2.64 bits per heavy atom. The Hall–Kier alpha value is -1.82. The SMILES string of the molecule is COc1cc(CNCc2cccnc2)ccc1OCCO.Cl. The van der Waals surface area contributed by atoms with E-state index in [9.17, 15) is 0 Å². The molecule has 5 nitrogen and oxygen atoms in total. The van der Waals surface area contributed by atoms with Gasteiger partial charge in [-0.05, 0) is 29.3 Å².